The van der Waals surface area contributed by atoms with Crippen LogP contribution in [0.5, 0.6) is 11.5 Å². The Balaban J connectivity index is 1.97. The highest BCUT2D eigenvalue weighted by molar-refractivity contribution is 7.92. The quantitative estimate of drug-likeness (QED) is 0.486. The summed E-state index contributed by atoms with van der Waals surface area (Å²) >= 11 is 0. The first kappa shape index (κ1) is 21.0. The van der Waals surface area contributed by atoms with Gasteiger partial charge >= 0.3 is 0 Å². The third kappa shape index (κ3) is 6.74. The van der Waals surface area contributed by atoms with Crippen LogP contribution in [0.1, 0.15) is 25.5 Å². The van der Waals surface area contributed by atoms with Crippen LogP contribution in [0.25, 0.3) is 0 Å². The van der Waals surface area contributed by atoms with E-state index in [2.05, 4.69) is 10.0 Å². The zero-order chi connectivity index (χ0) is 20.0. The zero-order valence-corrected chi connectivity index (χ0v) is 16.4. The van der Waals surface area contributed by atoms with Crippen LogP contribution in [-0.4, -0.2) is 43.6 Å². The van der Waals surface area contributed by atoms with Gasteiger partial charge in [-0.2, -0.15) is 0 Å². The summed E-state index contributed by atoms with van der Waals surface area (Å²) in [6, 6.07) is 13.4. The largest absolute Gasteiger partial charge is 0.506 e. The van der Waals surface area contributed by atoms with Crippen molar-refractivity contribution < 1.29 is 23.4 Å². The number of nitrogens with one attached hydrogen (secondary N) is 2. The topological polar surface area (TPSA) is 108 Å². The molecule has 3 unspecified atom stereocenters. The van der Waals surface area contributed by atoms with Gasteiger partial charge in [-0.3, -0.25) is 4.72 Å². The van der Waals surface area contributed by atoms with E-state index in [-0.39, 0.29) is 23.5 Å². The van der Waals surface area contributed by atoms with Gasteiger partial charge in [-0.25, -0.2) is 8.42 Å². The summed E-state index contributed by atoms with van der Waals surface area (Å²) in [6.45, 7) is 4.19. The van der Waals surface area contributed by atoms with Crippen molar-refractivity contribution in [2.24, 2.45) is 0 Å². The molecule has 2 aromatic carbocycles. The summed E-state index contributed by atoms with van der Waals surface area (Å²) < 4.78 is 30.7. The number of sulfonamides is 1. The summed E-state index contributed by atoms with van der Waals surface area (Å²) in [5, 5.41) is 23.6. The Morgan fingerprint density at radius 2 is 1.78 bits per heavy atom. The van der Waals surface area contributed by atoms with E-state index in [1.54, 1.807) is 6.07 Å². The predicted octanol–water partition coefficient (Wildman–Crippen LogP) is 2.24. The first-order chi connectivity index (χ1) is 12.7. The van der Waals surface area contributed by atoms with E-state index in [1.807, 2.05) is 44.2 Å². The smallest absolute Gasteiger partial charge is 0.229 e. The molecule has 2 rings (SSSR count). The van der Waals surface area contributed by atoms with Crippen molar-refractivity contribution in [1.82, 2.24) is 5.32 Å². The van der Waals surface area contributed by atoms with Crippen LogP contribution in [0.4, 0.5) is 5.69 Å². The third-order valence-corrected chi connectivity index (χ3v) is 4.51. The maximum atomic E-state index is 11.4. The van der Waals surface area contributed by atoms with Crippen molar-refractivity contribution in [3.05, 3.63) is 54.1 Å². The van der Waals surface area contributed by atoms with Crippen LogP contribution in [0.2, 0.25) is 0 Å². The maximum absolute atomic E-state index is 11.4. The summed E-state index contributed by atoms with van der Waals surface area (Å²) in [5.41, 5.74) is 0.511. The van der Waals surface area contributed by atoms with E-state index in [1.165, 1.54) is 12.1 Å². The van der Waals surface area contributed by atoms with Crippen LogP contribution in [-0.2, 0) is 10.0 Å². The Labute approximate surface area is 160 Å². The van der Waals surface area contributed by atoms with Crippen molar-refractivity contribution in [3.63, 3.8) is 0 Å². The molecule has 0 aliphatic heterocycles. The van der Waals surface area contributed by atoms with Gasteiger partial charge in [-0.15, -0.1) is 0 Å². The second kappa shape index (κ2) is 9.07. The number of hydrogen-bond acceptors (Lipinski definition) is 6. The minimum atomic E-state index is -3.54. The molecular weight excluding hydrogens is 368 g/mol. The van der Waals surface area contributed by atoms with Gasteiger partial charge in [0.2, 0.25) is 10.0 Å². The van der Waals surface area contributed by atoms with Crippen molar-refractivity contribution in [1.29, 1.82) is 0 Å². The van der Waals surface area contributed by atoms with E-state index in [0.717, 1.165) is 12.0 Å². The van der Waals surface area contributed by atoms with Crippen molar-refractivity contribution in [2.45, 2.75) is 32.0 Å². The lowest BCUT2D eigenvalue weighted by Gasteiger charge is -2.25. The van der Waals surface area contributed by atoms with E-state index >= 15 is 0 Å². The predicted molar refractivity (Wildman–Crippen MR) is 106 cm³/mol. The van der Waals surface area contributed by atoms with Crippen LogP contribution >= 0.6 is 0 Å². The number of aliphatic hydroxyl groups is 1. The Kier molecular flexibility index (Phi) is 7.06. The molecule has 2 aromatic rings. The third-order valence-electron chi connectivity index (χ3n) is 3.92. The SMILES string of the molecule is CC(COc1ccccc1)NC(C)C(O)c1ccc(O)c(NS(C)(=O)=O)c1. The molecule has 148 valence electrons. The number of aromatic hydroxyl groups is 1. The van der Waals surface area contributed by atoms with Gasteiger partial charge in [0, 0.05) is 12.1 Å². The Morgan fingerprint density at radius 3 is 2.41 bits per heavy atom. The first-order valence-corrected chi connectivity index (χ1v) is 10.5. The average molecular weight is 394 g/mol. The van der Waals surface area contributed by atoms with Gasteiger partial charge in [-0.05, 0) is 43.7 Å². The lowest BCUT2D eigenvalue weighted by atomic mass is 10.0. The van der Waals surface area contributed by atoms with Gasteiger partial charge < -0.3 is 20.3 Å². The van der Waals surface area contributed by atoms with Crippen LogP contribution in [0.3, 0.4) is 0 Å². The van der Waals surface area contributed by atoms with E-state index < -0.39 is 16.1 Å². The average Bonchev–Trinajstić information content (AvgIpc) is 2.61. The fourth-order valence-corrected chi connectivity index (χ4v) is 3.20. The number of aliphatic hydroxyl groups excluding tert-OH is 1. The highest BCUT2D eigenvalue weighted by Gasteiger charge is 2.20. The maximum Gasteiger partial charge on any atom is 0.229 e. The first-order valence-electron chi connectivity index (χ1n) is 8.58. The van der Waals surface area contributed by atoms with Gasteiger partial charge in [0.15, 0.2) is 0 Å². The van der Waals surface area contributed by atoms with Gasteiger partial charge in [-0.1, -0.05) is 24.3 Å². The van der Waals surface area contributed by atoms with E-state index in [0.29, 0.717) is 12.2 Å². The number of benzene rings is 2. The molecule has 3 atom stereocenters. The molecule has 0 radical (unpaired) electrons. The minimum absolute atomic E-state index is 0.0272. The molecular formula is C19H26N2O5S. The van der Waals surface area contributed by atoms with Gasteiger partial charge in [0.1, 0.15) is 18.1 Å². The minimum Gasteiger partial charge on any atom is -0.506 e. The van der Waals surface area contributed by atoms with Crippen LogP contribution in [0, 0.1) is 0 Å². The second-order valence-corrected chi connectivity index (χ2v) is 8.32. The Hall–Kier alpha value is -2.29. The van der Waals surface area contributed by atoms with Gasteiger partial charge in [0.25, 0.3) is 0 Å². The molecule has 0 aliphatic rings. The van der Waals surface area contributed by atoms with Crippen LogP contribution in [0.15, 0.2) is 48.5 Å². The monoisotopic (exact) mass is 394 g/mol. The number of ether oxygens (including phenoxy) is 1. The molecule has 7 nitrogen and oxygen atoms in total. The summed E-state index contributed by atoms with van der Waals surface area (Å²) in [4.78, 5) is 0. The number of phenolic OH excluding ortho intramolecular Hbond substituents is 1. The number of anilines is 1. The molecule has 0 heterocycles. The number of hydrogen-bond donors (Lipinski definition) is 4. The molecule has 0 spiro atoms. The number of para-hydroxylation sites is 1. The molecule has 0 aromatic heterocycles. The molecule has 0 saturated carbocycles. The van der Waals surface area contributed by atoms with Gasteiger partial charge in [0.05, 0.1) is 18.0 Å². The fourth-order valence-electron chi connectivity index (χ4n) is 2.63. The fraction of sp³-hybridized carbons (Fsp3) is 0.368. The summed E-state index contributed by atoms with van der Waals surface area (Å²) in [6.07, 6.45) is 0.0959. The van der Waals surface area contributed by atoms with Crippen molar-refractivity contribution in [2.75, 3.05) is 17.6 Å². The molecule has 0 bridgehead atoms. The zero-order valence-electron chi connectivity index (χ0n) is 15.6. The standard InChI is InChI=1S/C19H26N2O5S/c1-13(12-26-16-7-5-4-6-8-16)20-14(2)19(23)15-9-10-18(22)17(11-15)21-27(3,24)25/h4-11,13-14,19-23H,12H2,1-3H3. The number of phenols is 1. The molecule has 0 aliphatic carbocycles. The highest BCUT2D eigenvalue weighted by atomic mass is 32.2. The number of rotatable bonds is 9. The van der Waals surface area contributed by atoms with Crippen molar-refractivity contribution >= 4 is 15.7 Å². The van der Waals surface area contributed by atoms with E-state index in [9.17, 15) is 18.6 Å². The second-order valence-electron chi connectivity index (χ2n) is 6.58. The Bertz CT molecular complexity index is 842. The summed E-state index contributed by atoms with van der Waals surface area (Å²) in [5.74, 6) is 0.566. The Morgan fingerprint density at radius 1 is 1.11 bits per heavy atom. The highest BCUT2D eigenvalue weighted by Crippen LogP contribution is 2.29. The normalized spacial score (nSPS) is 15.0. The van der Waals surface area contributed by atoms with Crippen molar-refractivity contribution in [3.8, 4) is 11.5 Å². The summed E-state index contributed by atoms with van der Waals surface area (Å²) in [7, 11) is -3.54. The van der Waals surface area contributed by atoms with Crippen LogP contribution < -0.4 is 14.8 Å². The van der Waals surface area contributed by atoms with E-state index in [4.69, 9.17) is 4.74 Å². The molecule has 4 N–H and O–H groups in total. The lowest BCUT2D eigenvalue weighted by molar-refractivity contribution is 0.124. The molecule has 27 heavy (non-hydrogen) atoms. The molecule has 0 fully saturated rings. The molecule has 0 saturated heterocycles. The molecule has 8 heteroatoms. The molecule has 0 amide bonds. The lowest BCUT2D eigenvalue weighted by Crippen LogP contribution is -2.41.